The van der Waals surface area contributed by atoms with E-state index >= 15 is 0 Å². The Kier molecular flexibility index (Phi) is 4.31. The minimum absolute atomic E-state index is 0.114. The van der Waals surface area contributed by atoms with Crippen molar-refractivity contribution in [3.8, 4) is 11.5 Å². The highest BCUT2D eigenvalue weighted by Gasteiger charge is 2.29. The van der Waals surface area contributed by atoms with E-state index in [-0.39, 0.29) is 12.1 Å². The minimum Gasteiger partial charge on any atom is -0.493 e. The Morgan fingerprint density at radius 3 is 2.74 bits per heavy atom. The van der Waals surface area contributed by atoms with Gasteiger partial charge in [-0.05, 0) is 18.6 Å². The Labute approximate surface area is 134 Å². The van der Waals surface area contributed by atoms with Crippen molar-refractivity contribution in [1.29, 1.82) is 0 Å². The number of rotatable bonds is 4. The number of nitrogens with one attached hydrogen (secondary N) is 1. The second kappa shape index (κ2) is 6.55. The van der Waals surface area contributed by atoms with Crippen molar-refractivity contribution in [3.05, 3.63) is 30.6 Å². The van der Waals surface area contributed by atoms with E-state index in [2.05, 4.69) is 15.5 Å². The van der Waals surface area contributed by atoms with Crippen LogP contribution in [0.2, 0.25) is 0 Å². The van der Waals surface area contributed by atoms with Crippen LogP contribution < -0.4 is 14.8 Å². The van der Waals surface area contributed by atoms with Crippen molar-refractivity contribution >= 4 is 11.7 Å². The third-order valence-corrected chi connectivity index (χ3v) is 3.86. The van der Waals surface area contributed by atoms with Gasteiger partial charge in [0, 0.05) is 13.1 Å². The number of hydrogen-bond donors (Lipinski definition) is 1. The van der Waals surface area contributed by atoms with Crippen molar-refractivity contribution in [2.45, 2.75) is 12.5 Å². The predicted octanol–water partition coefficient (Wildman–Crippen LogP) is 1.77. The molecule has 1 N–H and O–H groups in total. The van der Waals surface area contributed by atoms with Crippen LogP contribution >= 0.6 is 0 Å². The lowest BCUT2D eigenvalue weighted by atomic mass is 10.2. The summed E-state index contributed by atoms with van der Waals surface area (Å²) in [4.78, 5) is 15.9. The summed E-state index contributed by atoms with van der Waals surface area (Å²) in [5.41, 5.74) is 0.581. The van der Waals surface area contributed by atoms with E-state index in [1.165, 1.54) is 0 Å². The molecule has 1 saturated heterocycles. The van der Waals surface area contributed by atoms with Crippen molar-refractivity contribution in [2.75, 3.05) is 32.6 Å². The molecule has 2 amide bonds. The zero-order chi connectivity index (χ0) is 16.2. The number of aromatic nitrogens is 3. The van der Waals surface area contributed by atoms with Crippen LogP contribution in [0.25, 0.3) is 0 Å². The summed E-state index contributed by atoms with van der Waals surface area (Å²) in [6, 6.07) is 5.30. The second-order valence-corrected chi connectivity index (χ2v) is 5.21. The average molecular weight is 317 g/mol. The van der Waals surface area contributed by atoms with Crippen LogP contribution in [0, 0.1) is 0 Å². The molecule has 2 heterocycles. The zero-order valence-corrected chi connectivity index (χ0v) is 13.1. The molecule has 122 valence electrons. The molecule has 3 rings (SSSR count). The summed E-state index contributed by atoms with van der Waals surface area (Å²) < 4.78 is 10.6. The van der Waals surface area contributed by atoms with Crippen molar-refractivity contribution in [3.63, 3.8) is 0 Å². The van der Waals surface area contributed by atoms with Gasteiger partial charge < -0.3 is 19.7 Å². The molecule has 1 aromatic carbocycles. The van der Waals surface area contributed by atoms with E-state index in [4.69, 9.17) is 9.47 Å². The molecule has 2 aromatic rings. The van der Waals surface area contributed by atoms with E-state index < -0.39 is 0 Å². The average Bonchev–Trinajstić information content (AvgIpc) is 3.25. The smallest absolute Gasteiger partial charge is 0.322 e. The molecule has 0 bridgehead atoms. The molecule has 8 heteroatoms. The van der Waals surface area contributed by atoms with Gasteiger partial charge in [-0.3, -0.25) is 0 Å². The summed E-state index contributed by atoms with van der Waals surface area (Å²) in [5.74, 6) is 1.08. The molecule has 0 saturated carbocycles. The number of benzene rings is 1. The lowest BCUT2D eigenvalue weighted by Gasteiger charge is -2.19. The number of likely N-dealkylation sites (tertiary alicyclic amines) is 1. The standard InChI is InChI=1S/C15H19N5O3/c1-22-13-5-3-4-12(14(13)23-2)18-15(21)19-9-6-11(10-19)20-16-7-8-17-20/h3-5,7-8,11H,6,9-10H2,1-2H3,(H,18,21). The first-order valence-corrected chi connectivity index (χ1v) is 7.35. The number of carbonyl (C=O) groups excluding carboxylic acids is 1. The molecule has 0 aliphatic carbocycles. The molecule has 1 aliphatic heterocycles. The van der Waals surface area contributed by atoms with E-state index in [0.717, 1.165) is 6.42 Å². The molecule has 1 atom stereocenters. The molecule has 1 unspecified atom stereocenters. The predicted molar refractivity (Wildman–Crippen MR) is 83.8 cm³/mol. The third-order valence-electron chi connectivity index (χ3n) is 3.86. The Hall–Kier alpha value is -2.77. The van der Waals surface area contributed by atoms with Crippen molar-refractivity contribution in [2.24, 2.45) is 0 Å². The minimum atomic E-state index is -0.175. The maximum Gasteiger partial charge on any atom is 0.322 e. The number of carbonyl (C=O) groups is 1. The number of methoxy groups -OCH3 is 2. The van der Waals surface area contributed by atoms with Crippen LogP contribution in [-0.2, 0) is 0 Å². The summed E-state index contributed by atoms with van der Waals surface area (Å²) in [6.07, 6.45) is 4.12. The first kappa shape index (κ1) is 15.1. The van der Waals surface area contributed by atoms with Gasteiger partial charge >= 0.3 is 6.03 Å². The topological polar surface area (TPSA) is 81.5 Å². The van der Waals surface area contributed by atoms with Gasteiger partial charge in [0.15, 0.2) is 11.5 Å². The summed E-state index contributed by atoms with van der Waals surface area (Å²) >= 11 is 0. The second-order valence-electron chi connectivity index (χ2n) is 5.21. The summed E-state index contributed by atoms with van der Waals surface area (Å²) in [6.45, 7) is 1.23. The van der Waals surface area contributed by atoms with Gasteiger partial charge in [0.2, 0.25) is 0 Å². The number of hydrogen-bond acceptors (Lipinski definition) is 5. The molecule has 23 heavy (non-hydrogen) atoms. The molecule has 0 spiro atoms. The number of amides is 2. The highest BCUT2D eigenvalue weighted by Crippen LogP contribution is 2.35. The van der Waals surface area contributed by atoms with Gasteiger partial charge in [-0.1, -0.05) is 6.07 Å². The van der Waals surface area contributed by atoms with Crippen molar-refractivity contribution < 1.29 is 14.3 Å². The number of para-hydroxylation sites is 1. The fourth-order valence-corrected chi connectivity index (χ4v) is 2.71. The molecular weight excluding hydrogens is 298 g/mol. The Bertz CT molecular complexity index is 674. The summed E-state index contributed by atoms with van der Waals surface area (Å²) in [5, 5.41) is 11.1. The van der Waals surface area contributed by atoms with E-state index in [0.29, 0.717) is 30.3 Å². The number of ether oxygens (including phenoxy) is 2. The lowest BCUT2D eigenvalue weighted by molar-refractivity contribution is 0.220. The molecule has 1 fully saturated rings. The monoisotopic (exact) mass is 317 g/mol. The first-order chi connectivity index (χ1) is 11.2. The molecule has 1 aliphatic rings. The van der Waals surface area contributed by atoms with Crippen LogP contribution in [0.4, 0.5) is 10.5 Å². The Morgan fingerprint density at radius 2 is 2.04 bits per heavy atom. The zero-order valence-electron chi connectivity index (χ0n) is 13.1. The largest absolute Gasteiger partial charge is 0.493 e. The van der Waals surface area contributed by atoms with Crippen LogP contribution in [0.3, 0.4) is 0 Å². The van der Waals surface area contributed by atoms with Crippen LogP contribution in [0.5, 0.6) is 11.5 Å². The number of nitrogens with zero attached hydrogens (tertiary/aromatic N) is 4. The maximum atomic E-state index is 12.5. The molecule has 0 radical (unpaired) electrons. The van der Waals surface area contributed by atoms with Crippen LogP contribution in [0.1, 0.15) is 12.5 Å². The Morgan fingerprint density at radius 1 is 1.26 bits per heavy atom. The third kappa shape index (κ3) is 3.05. The van der Waals surface area contributed by atoms with Gasteiger partial charge in [-0.25, -0.2) is 4.79 Å². The SMILES string of the molecule is COc1cccc(NC(=O)N2CCC(n3nccn3)C2)c1OC. The fraction of sp³-hybridized carbons (Fsp3) is 0.400. The van der Waals surface area contributed by atoms with Gasteiger partial charge in [0.1, 0.15) is 0 Å². The van der Waals surface area contributed by atoms with Crippen LogP contribution in [-0.4, -0.2) is 53.2 Å². The molecular formula is C15H19N5O3. The quantitative estimate of drug-likeness (QED) is 0.929. The van der Waals surface area contributed by atoms with Gasteiger partial charge in [0.25, 0.3) is 0 Å². The van der Waals surface area contributed by atoms with Crippen molar-refractivity contribution in [1.82, 2.24) is 19.9 Å². The number of anilines is 1. The van der Waals surface area contributed by atoms with Gasteiger partial charge in [-0.2, -0.15) is 15.0 Å². The normalized spacial score (nSPS) is 17.1. The summed E-state index contributed by atoms with van der Waals surface area (Å²) in [7, 11) is 3.11. The highest BCUT2D eigenvalue weighted by atomic mass is 16.5. The van der Waals surface area contributed by atoms with Crippen LogP contribution in [0.15, 0.2) is 30.6 Å². The van der Waals surface area contributed by atoms with Gasteiger partial charge in [0.05, 0.1) is 38.3 Å². The van der Waals surface area contributed by atoms with E-state index in [9.17, 15) is 4.79 Å². The molecule has 8 nitrogen and oxygen atoms in total. The Balaban J connectivity index is 1.68. The lowest BCUT2D eigenvalue weighted by Crippen LogP contribution is -2.33. The fourth-order valence-electron chi connectivity index (χ4n) is 2.71. The number of urea groups is 1. The van der Waals surface area contributed by atoms with E-state index in [1.807, 2.05) is 0 Å². The van der Waals surface area contributed by atoms with Gasteiger partial charge in [-0.15, -0.1) is 0 Å². The maximum absolute atomic E-state index is 12.5. The molecule has 1 aromatic heterocycles. The first-order valence-electron chi connectivity index (χ1n) is 7.35. The van der Waals surface area contributed by atoms with E-state index in [1.54, 1.807) is 54.5 Å². The highest BCUT2D eigenvalue weighted by molar-refractivity contribution is 5.91.